The second-order valence-corrected chi connectivity index (χ2v) is 2.46. The van der Waals surface area contributed by atoms with Gasteiger partial charge in [-0.25, -0.2) is 9.97 Å². The fraction of sp³-hybridized carbons (Fsp3) is 0.125. The predicted octanol–water partition coefficient (Wildman–Crippen LogP) is 0.988. The van der Waals surface area contributed by atoms with Gasteiger partial charge >= 0.3 is 0 Å². The van der Waals surface area contributed by atoms with E-state index in [1.54, 1.807) is 0 Å². The number of anilines is 1. The minimum Gasteiger partial charge on any atom is -0.358 e. The molecule has 0 aliphatic heterocycles. The standard InChI is InChI=1S/C8H6ClN3O/c1-2-3-10-8-6(4-13)7(9)11-5-12-8/h1,4-5H,3H2,(H,10,11,12). The van der Waals surface area contributed by atoms with Crippen LogP contribution in [-0.4, -0.2) is 22.8 Å². The van der Waals surface area contributed by atoms with Crippen molar-refractivity contribution in [3.05, 3.63) is 17.0 Å². The summed E-state index contributed by atoms with van der Waals surface area (Å²) in [5.74, 6) is 2.71. The Labute approximate surface area is 80.3 Å². The number of nitrogens with zero attached hydrogens (tertiary/aromatic N) is 2. The van der Waals surface area contributed by atoms with Crippen molar-refractivity contribution in [3.63, 3.8) is 0 Å². The van der Waals surface area contributed by atoms with Crippen molar-refractivity contribution in [3.8, 4) is 12.3 Å². The monoisotopic (exact) mass is 195 g/mol. The molecule has 1 rings (SSSR count). The molecule has 0 amide bonds. The van der Waals surface area contributed by atoms with Crippen LogP contribution >= 0.6 is 11.6 Å². The lowest BCUT2D eigenvalue weighted by atomic mass is 10.3. The maximum absolute atomic E-state index is 10.6. The van der Waals surface area contributed by atoms with E-state index in [2.05, 4.69) is 21.2 Å². The molecule has 0 atom stereocenters. The Bertz CT molecular complexity index is 359. The summed E-state index contributed by atoms with van der Waals surface area (Å²) in [6.45, 7) is 0.286. The molecule has 13 heavy (non-hydrogen) atoms. The molecule has 0 radical (unpaired) electrons. The molecule has 0 spiro atoms. The van der Waals surface area contributed by atoms with Gasteiger partial charge in [-0.05, 0) is 0 Å². The molecule has 0 bridgehead atoms. The van der Waals surface area contributed by atoms with Gasteiger partial charge in [-0.15, -0.1) is 6.42 Å². The lowest BCUT2D eigenvalue weighted by Gasteiger charge is -2.03. The molecule has 0 aliphatic rings. The van der Waals surface area contributed by atoms with Gasteiger partial charge in [0.25, 0.3) is 0 Å². The Morgan fingerprint density at radius 1 is 1.69 bits per heavy atom. The number of carbonyl (C=O) groups is 1. The Morgan fingerprint density at radius 2 is 2.46 bits per heavy atom. The summed E-state index contributed by atoms with van der Waals surface area (Å²) in [4.78, 5) is 18.0. The highest BCUT2D eigenvalue weighted by Gasteiger charge is 2.07. The highest BCUT2D eigenvalue weighted by atomic mass is 35.5. The number of hydrogen-bond acceptors (Lipinski definition) is 4. The molecule has 0 aliphatic carbocycles. The number of aldehydes is 1. The molecule has 1 aromatic heterocycles. The summed E-state index contributed by atoms with van der Waals surface area (Å²) >= 11 is 5.63. The first-order valence-corrected chi connectivity index (χ1v) is 3.80. The van der Waals surface area contributed by atoms with Crippen molar-refractivity contribution < 1.29 is 4.79 Å². The third kappa shape index (κ3) is 2.17. The normalized spacial score (nSPS) is 8.92. The Balaban J connectivity index is 2.99. The number of terminal acetylenes is 1. The number of carbonyl (C=O) groups excluding carboxylic acids is 1. The molecular weight excluding hydrogens is 190 g/mol. The molecule has 1 heterocycles. The van der Waals surface area contributed by atoms with Crippen LogP contribution < -0.4 is 5.32 Å². The van der Waals surface area contributed by atoms with Crippen LogP contribution in [0.2, 0.25) is 5.15 Å². The van der Waals surface area contributed by atoms with Crippen LogP contribution in [0.5, 0.6) is 0 Å². The first-order valence-electron chi connectivity index (χ1n) is 3.42. The molecular formula is C8H6ClN3O. The molecule has 0 saturated heterocycles. The number of nitrogens with one attached hydrogen (secondary N) is 1. The van der Waals surface area contributed by atoms with Crippen LogP contribution in [0.3, 0.4) is 0 Å². The average molecular weight is 196 g/mol. The van der Waals surface area contributed by atoms with E-state index in [9.17, 15) is 4.79 Å². The van der Waals surface area contributed by atoms with Gasteiger partial charge < -0.3 is 5.32 Å². The van der Waals surface area contributed by atoms with E-state index in [-0.39, 0.29) is 17.3 Å². The van der Waals surface area contributed by atoms with E-state index in [1.807, 2.05) is 0 Å². The average Bonchev–Trinajstić information content (AvgIpc) is 2.15. The van der Waals surface area contributed by atoms with E-state index >= 15 is 0 Å². The summed E-state index contributed by atoms with van der Waals surface area (Å²) < 4.78 is 0. The summed E-state index contributed by atoms with van der Waals surface area (Å²) in [5, 5.41) is 2.87. The zero-order valence-electron chi connectivity index (χ0n) is 6.62. The van der Waals surface area contributed by atoms with Crippen LogP contribution in [0, 0.1) is 12.3 Å². The van der Waals surface area contributed by atoms with E-state index in [1.165, 1.54) is 6.33 Å². The van der Waals surface area contributed by atoms with Crippen LogP contribution in [0.1, 0.15) is 10.4 Å². The topological polar surface area (TPSA) is 54.9 Å². The molecule has 5 heteroatoms. The van der Waals surface area contributed by atoms with Crippen molar-refractivity contribution in [1.82, 2.24) is 9.97 Å². The third-order valence-corrected chi connectivity index (χ3v) is 1.61. The van der Waals surface area contributed by atoms with E-state index in [4.69, 9.17) is 18.0 Å². The second kappa shape index (κ2) is 4.43. The number of hydrogen-bond donors (Lipinski definition) is 1. The Hall–Kier alpha value is -1.60. The largest absolute Gasteiger partial charge is 0.358 e. The molecule has 0 fully saturated rings. The van der Waals surface area contributed by atoms with Gasteiger partial charge in [0.15, 0.2) is 6.29 Å². The van der Waals surface area contributed by atoms with Crippen molar-refractivity contribution in [2.45, 2.75) is 0 Å². The maximum Gasteiger partial charge on any atom is 0.156 e. The summed E-state index contributed by atoms with van der Waals surface area (Å²) in [5.41, 5.74) is 0.222. The molecule has 0 saturated carbocycles. The van der Waals surface area contributed by atoms with Crippen molar-refractivity contribution in [2.75, 3.05) is 11.9 Å². The molecule has 0 aromatic carbocycles. The van der Waals surface area contributed by atoms with Gasteiger partial charge in [0, 0.05) is 0 Å². The lowest BCUT2D eigenvalue weighted by molar-refractivity contribution is 0.112. The van der Waals surface area contributed by atoms with Crippen molar-refractivity contribution in [1.29, 1.82) is 0 Å². The zero-order chi connectivity index (χ0) is 9.68. The SMILES string of the molecule is C#CCNc1ncnc(Cl)c1C=O. The highest BCUT2D eigenvalue weighted by Crippen LogP contribution is 2.16. The number of rotatable bonds is 3. The number of aromatic nitrogens is 2. The minimum absolute atomic E-state index is 0.115. The fourth-order valence-electron chi connectivity index (χ4n) is 0.754. The van der Waals surface area contributed by atoms with Gasteiger partial charge in [-0.2, -0.15) is 0 Å². The van der Waals surface area contributed by atoms with Gasteiger partial charge in [-0.1, -0.05) is 17.5 Å². The Morgan fingerprint density at radius 3 is 3.08 bits per heavy atom. The van der Waals surface area contributed by atoms with Crippen molar-refractivity contribution >= 4 is 23.7 Å². The zero-order valence-corrected chi connectivity index (χ0v) is 7.38. The van der Waals surface area contributed by atoms with Crippen LogP contribution in [0.25, 0.3) is 0 Å². The first kappa shape index (κ1) is 9.49. The van der Waals surface area contributed by atoms with Gasteiger partial charge in [-0.3, -0.25) is 4.79 Å². The third-order valence-electron chi connectivity index (χ3n) is 1.31. The van der Waals surface area contributed by atoms with Crippen LogP contribution in [-0.2, 0) is 0 Å². The van der Waals surface area contributed by atoms with Gasteiger partial charge in [0.05, 0.1) is 12.1 Å². The molecule has 0 unspecified atom stereocenters. The van der Waals surface area contributed by atoms with Gasteiger partial charge in [0.2, 0.25) is 0 Å². The van der Waals surface area contributed by atoms with Gasteiger partial charge in [0.1, 0.15) is 17.3 Å². The predicted molar refractivity (Wildman–Crippen MR) is 49.8 cm³/mol. The molecule has 1 aromatic rings. The molecule has 66 valence electrons. The van der Waals surface area contributed by atoms with E-state index in [0.29, 0.717) is 12.1 Å². The van der Waals surface area contributed by atoms with Crippen LogP contribution in [0.15, 0.2) is 6.33 Å². The smallest absolute Gasteiger partial charge is 0.156 e. The number of halogens is 1. The summed E-state index contributed by atoms with van der Waals surface area (Å²) in [6, 6.07) is 0. The fourth-order valence-corrected chi connectivity index (χ4v) is 0.932. The first-order chi connectivity index (χ1) is 6.29. The summed E-state index contributed by atoms with van der Waals surface area (Å²) in [6.07, 6.45) is 6.87. The molecule has 4 nitrogen and oxygen atoms in total. The van der Waals surface area contributed by atoms with Crippen LogP contribution in [0.4, 0.5) is 5.82 Å². The quantitative estimate of drug-likeness (QED) is 0.444. The lowest BCUT2D eigenvalue weighted by Crippen LogP contribution is -2.05. The van der Waals surface area contributed by atoms with E-state index < -0.39 is 0 Å². The molecule has 1 N–H and O–H groups in total. The summed E-state index contributed by atoms with van der Waals surface area (Å²) in [7, 11) is 0. The maximum atomic E-state index is 10.6. The second-order valence-electron chi connectivity index (χ2n) is 2.10. The van der Waals surface area contributed by atoms with E-state index in [0.717, 1.165) is 0 Å². The minimum atomic E-state index is 0.115. The highest BCUT2D eigenvalue weighted by molar-refractivity contribution is 6.32. The van der Waals surface area contributed by atoms with Crippen molar-refractivity contribution in [2.24, 2.45) is 0 Å². The Kier molecular flexibility index (Phi) is 3.23.